The second kappa shape index (κ2) is 12.1. The van der Waals surface area contributed by atoms with Crippen molar-refractivity contribution in [1.29, 1.82) is 0 Å². The third-order valence-corrected chi connectivity index (χ3v) is 5.34. The van der Waals surface area contributed by atoms with E-state index in [4.69, 9.17) is 9.79 Å². The fourth-order valence-corrected chi connectivity index (χ4v) is 3.21. The molecule has 0 saturated carbocycles. The third kappa shape index (κ3) is 11.4. The Balaban J connectivity index is 0.000000554. The molecule has 2 aromatic rings. The van der Waals surface area contributed by atoms with E-state index in [2.05, 4.69) is 106 Å². The van der Waals surface area contributed by atoms with E-state index in [-0.39, 0.29) is 21.7 Å². The quantitative estimate of drug-likeness (QED) is 0.267. The van der Waals surface area contributed by atoms with Gasteiger partial charge in [-0.3, -0.25) is 0 Å². The predicted molar refractivity (Wildman–Crippen MR) is 148 cm³/mol. The summed E-state index contributed by atoms with van der Waals surface area (Å²) in [5, 5.41) is 19.7. The Morgan fingerprint density at radius 1 is 0.529 bits per heavy atom. The van der Waals surface area contributed by atoms with Crippen molar-refractivity contribution in [1.82, 2.24) is 0 Å². The molecule has 0 spiro atoms. The van der Waals surface area contributed by atoms with Crippen LogP contribution in [0.15, 0.2) is 36.4 Å². The van der Waals surface area contributed by atoms with Crippen LogP contribution in [0.3, 0.4) is 0 Å². The lowest BCUT2D eigenvalue weighted by molar-refractivity contribution is 0.444. The first kappa shape index (κ1) is 32.7. The summed E-state index contributed by atoms with van der Waals surface area (Å²) >= 11 is 4.45. The summed E-state index contributed by atoms with van der Waals surface area (Å²) in [5.74, 6) is 0.797. The van der Waals surface area contributed by atoms with E-state index in [1.807, 2.05) is 12.1 Å². The maximum absolute atomic E-state index is 9.84. The molecule has 194 valence electrons. The molecule has 0 fully saturated rings. The zero-order chi connectivity index (χ0) is 27.3. The molecule has 2 aromatic carbocycles. The van der Waals surface area contributed by atoms with E-state index in [0.29, 0.717) is 11.5 Å². The van der Waals surface area contributed by atoms with Gasteiger partial charge < -0.3 is 20.0 Å². The fourth-order valence-electron chi connectivity index (χ4n) is 3.21. The van der Waals surface area contributed by atoms with Crippen molar-refractivity contribution < 1.29 is 20.0 Å². The van der Waals surface area contributed by atoms with Gasteiger partial charge in [-0.1, -0.05) is 107 Å². The molecule has 0 aromatic heterocycles. The highest BCUT2D eigenvalue weighted by Crippen LogP contribution is 2.35. The number of halogens is 1. The highest BCUT2D eigenvalue weighted by atomic mass is 35.7. The van der Waals surface area contributed by atoms with Crippen molar-refractivity contribution in [3.05, 3.63) is 58.7 Å². The maximum atomic E-state index is 9.84. The Labute approximate surface area is 213 Å². The average Bonchev–Trinajstić information content (AvgIpc) is 2.58. The number of benzene rings is 2. The highest BCUT2D eigenvalue weighted by molar-refractivity contribution is 7.74. The molecular formula is C28H46ClO4P. The molecule has 0 aliphatic carbocycles. The Morgan fingerprint density at radius 2 is 0.765 bits per heavy atom. The van der Waals surface area contributed by atoms with Gasteiger partial charge in [-0.15, -0.1) is 0 Å². The van der Waals surface area contributed by atoms with Crippen LogP contribution in [0.2, 0.25) is 0 Å². The minimum atomic E-state index is -2.15. The van der Waals surface area contributed by atoms with Crippen molar-refractivity contribution in [2.45, 2.75) is 105 Å². The van der Waals surface area contributed by atoms with Gasteiger partial charge >= 0.3 is 0 Å². The molecule has 0 amide bonds. The molecule has 0 unspecified atom stereocenters. The molecule has 4 nitrogen and oxygen atoms in total. The highest BCUT2D eigenvalue weighted by Gasteiger charge is 2.23. The molecular weight excluding hydrogens is 467 g/mol. The summed E-state index contributed by atoms with van der Waals surface area (Å²) in [6, 6.07) is 11.9. The first-order valence-electron chi connectivity index (χ1n) is 11.5. The molecule has 0 aliphatic rings. The van der Waals surface area contributed by atoms with Gasteiger partial charge in [0.2, 0.25) is 0 Å². The van der Waals surface area contributed by atoms with Gasteiger partial charge in [-0.2, -0.15) is 0 Å². The fraction of sp³-hybridized carbons (Fsp3) is 0.571. The van der Waals surface area contributed by atoms with Crippen LogP contribution in [0.4, 0.5) is 0 Å². The predicted octanol–water partition coefficient (Wildman–Crippen LogP) is 8.41. The first-order chi connectivity index (χ1) is 15.0. The molecule has 34 heavy (non-hydrogen) atoms. The lowest BCUT2D eigenvalue weighted by Gasteiger charge is -2.25. The Kier molecular flexibility index (Phi) is 11.6. The molecule has 0 saturated heterocycles. The van der Waals surface area contributed by atoms with Crippen LogP contribution in [0.25, 0.3) is 0 Å². The molecule has 0 bridgehead atoms. The van der Waals surface area contributed by atoms with Crippen LogP contribution >= 0.6 is 19.0 Å². The molecule has 6 heteroatoms. The zero-order valence-electron chi connectivity index (χ0n) is 23.1. The molecule has 0 aliphatic heterocycles. The molecule has 2 rings (SSSR count). The minimum Gasteiger partial charge on any atom is -0.508 e. The number of phenolic OH excluding ortho intramolecular Hbond substituents is 2. The van der Waals surface area contributed by atoms with Crippen LogP contribution < -0.4 is 0 Å². The summed E-state index contributed by atoms with van der Waals surface area (Å²) in [5.41, 5.74) is 4.83. The van der Waals surface area contributed by atoms with Gasteiger partial charge in [-0.25, -0.2) is 0 Å². The minimum absolute atomic E-state index is 0.00859. The summed E-state index contributed by atoms with van der Waals surface area (Å²) in [4.78, 5) is 14.9. The standard InChI is InChI=1S/2C14H22O.ClH2O2P/c2*1-13(2,3)10-7-8-12(15)11(9-10)14(4,5)6;1-4(2)3/h2*7-9,15H,1-6H3;2-3H. The van der Waals surface area contributed by atoms with Crippen molar-refractivity contribution >= 4 is 19.0 Å². The van der Waals surface area contributed by atoms with Crippen LogP contribution in [-0.2, 0) is 21.7 Å². The summed E-state index contributed by atoms with van der Waals surface area (Å²) in [6.07, 6.45) is 0. The lowest BCUT2D eigenvalue weighted by Crippen LogP contribution is -2.16. The molecule has 0 atom stereocenters. The lowest BCUT2D eigenvalue weighted by atomic mass is 9.80. The van der Waals surface area contributed by atoms with E-state index in [9.17, 15) is 10.2 Å². The number of hydrogen-bond acceptors (Lipinski definition) is 4. The Hall–Kier alpha value is -1.32. The van der Waals surface area contributed by atoms with Gasteiger partial charge in [0, 0.05) is 0 Å². The maximum Gasteiger partial charge on any atom is 0.271 e. The van der Waals surface area contributed by atoms with Crippen molar-refractivity contribution in [3.63, 3.8) is 0 Å². The van der Waals surface area contributed by atoms with E-state index in [1.54, 1.807) is 12.1 Å². The van der Waals surface area contributed by atoms with Crippen molar-refractivity contribution in [2.24, 2.45) is 0 Å². The van der Waals surface area contributed by atoms with Crippen LogP contribution in [-0.4, -0.2) is 20.0 Å². The van der Waals surface area contributed by atoms with Gasteiger partial charge in [0.1, 0.15) is 11.5 Å². The molecule has 4 N–H and O–H groups in total. The number of hydrogen-bond donors (Lipinski definition) is 4. The van der Waals surface area contributed by atoms with Gasteiger partial charge in [-0.05, 0) is 67.3 Å². The molecule has 0 heterocycles. The zero-order valence-corrected chi connectivity index (χ0v) is 24.7. The Morgan fingerprint density at radius 3 is 0.941 bits per heavy atom. The Bertz CT molecular complexity index is 836. The SMILES string of the molecule is CC(C)(C)c1ccc(O)c(C(C)(C)C)c1.CC(C)(C)c1ccc(O)c(C(C)(C)C)c1.OP(O)Cl. The largest absolute Gasteiger partial charge is 0.508 e. The van der Waals surface area contributed by atoms with Crippen LogP contribution in [0, 0.1) is 0 Å². The van der Waals surface area contributed by atoms with E-state index >= 15 is 0 Å². The summed E-state index contributed by atoms with van der Waals surface area (Å²) < 4.78 is 0. The average molecular weight is 513 g/mol. The second-order valence-corrected chi connectivity index (χ2v) is 14.1. The van der Waals surface area contributed by atoms with Crippen molar-refractivity contribution in [3.8, 4) is 11.5 Å². The first-order valence-corrected chi connectivity index (χ1v) is 13.6. The molecule has 0 radical (unpaired) electrons. The van der Waals surface area contributed by atoms with E-state index in [0.717, 1.165) is 11.1 Å². The van der Waals surface area contributed by atoms with E-state index < -0.39 is 7.73 Å². The second-order valence-electron chi connectivity index (χ2n) is 12.7. The van der Waals surface area contributed by atoms with E-state index in [1.165, 1.54) is 11.1 Å². The number of rotatable bonds is 0. The number of aromatic hydroxyl groups is 2. The van der Waals surface area contributed by atoms with Crippen LogP contribution in [0.1, 0.15) is 105 Å². The van der Waals surface area contributed by atoms with Gasteiger partial charge in [0.25, 0.3) is 7.73 Å². The summed E-state index contributed by atoms with van der Waals surface area (Å²) in [7, 11) is -2.15. The normalized spacial score (nSPS) is 12.5. The van der Waals surface area contributed by atoms with Gasteiger partial charge in [0.15, 0.2) is 0 Å². The van der Waals surface area contributed by atoms with Crippen molar-refractivity contribution in [2.75, 3.05) is 0 Å². The van der Waals surface area contributed by atoms with Crippen LogP contribution in [0.5, 0.6) is 11.5 Å². The number of phenols is 2. The third-order valence-electron chi connectivity index (χ3n) is 5.34. The monoisotopic (exact) mass is 512 g/mol. The van der Waals surface area contributed by atoms with Gasteiger partial charge in [0.05, 0.1) is 0 Å². The summed E-state index contributed by atoms with van der Waals surface area (Å²) in [6.45, 7) is 25.8. The smallest absolute Gasteiger partial charge is 0.271 e. The topological polar surface area (TPSA) is 80.9 Å².